The van der Waals surface area contributed by atoms with Gasteiger partial charge in [-0.3, -0.25) is 5.41 Å². The Balaban J connectivity index is 2.26. The Morgan fingerprint density at radius 3 is 2.67 bits per heavy atom. The molecule has 80 valence electrons. The number of rotatable bonds is 3. The summed E-state index contributed by atoms with van der Waals surface area (Å²) in [6, 6.07) is 9.61. The molecule has 4 N–H and O–H groups in total. The molecule has 0 unspecified atom stereocenters. The molecule has 1 aromatic carbocycles. The topological polar surface area (TPSA) is 88.2 Å². The monoisotopic (exact) mass is 207 g/mol. The van der Waals surface area contributed by atoms with Crippen LogP contribution in [0.4, 0.5) is 0 Å². The lowest BCUT2D eigenvalue weighted by Crippen LogP contribution is -2.32. The molecule has 0 atom stereocenters. The van der Waals surface area contributed by atoms with Gasteiger partial charge in [-0.1, -0.05) is 30.3 Å². The minimum absolute atomic E-state index is 0.254. The van der Waals surface area contributed by atoms with Gasteiger partial charge in [-0.15, -0.1) is 0 Å². The summed E-state index contributed by atoms with van der Waals surface area (Å²) in [7, 11) is 0. The summed E-state index contributed by atoms with van der Waals surface area (Å²) in [5.74, 6) is -0.822. The van der Waals surface area contributed by atoms with Crippen LogP contribution in [0.1, 0.15) is 12.0 Å². The van der Waals surface area contributed by atoms with E-state index in [0.29, 0.717) is 6.42 Å². The third-order valence-corrected chi connectivity index (χ3v) is 1.74. The molecule has 1 rings (SSSR count). The van der Waals surface area contributed by atoms with Crippen LogP contribution in [0.2, 0.25) is 0 Å². The second kappa shape index (κ2) is 5.64. The van der Waals surface area contributed by atoms with E-state index in [4.69, 9.17) is 11.1 Å². The van der Waals surface area contributed by atoms with Crippen LogP contribution in [0.15, 0.2) is 30.3 Å². The highest BCUT2D eigenvalue weighted by molar-refractivity contribution is 5.76. The summed E-state index contributed by atoms with van der Waals surface area (Å²) in [5.41, 5.74) is 8.00. The number of nitrogens with two attached hydrogens (primary N) is 1. The molecule has 0 aliphatic heterocycles. The predicted octanol–water partition coefficient (Wildman–Crippen LogP) is 0.560. The van der Waals surface area contributed by atoms with Gasteiger partial charge < -0.3 is 10.6 Å². The van der Waals surface area contributed by atoms with Gasteiger partial charge in [-0.2, -0.15) is 5.48 Å². The molecule has 0 radical (unpaired) electrons. The number of carbonyl (C=O) groups is 1. The van der Waals surface area contributed by atoms with Crippen molar-refractivity contribution in [1.82, 2.24) is 5.48 Å². The van der Waals surface area contributed by atoms with Gasteiger partial charge in [0.2, 0.25) is 5.96 Å². The average Bonchev–Trinajstić information content (AvgIpc) is 2.25. The zero-order valence-electron chi connectivity index (χ0n) is 8.19. The van der Waals surface area contributed by atoms with Crippen LogP contribution < -0.4 is 11.2 Å². The number of hydroxylamine groups is 1. The Hall–Kier alpha value is -2.04. The van der Waals surface area contributed by atoms with Crippen LogP contribution >= 0.6 is 0 Å². The fraction of sp³-hybridized carbons (Fsp3) is 0.200. The molecule has 0 spiro atoms. The standard InChI is InChI=1S/C10H13N3O2/c11-10(12)13-15-9(14)7-6-8-4-2-1-3-5-8/h1-5H,6-7H2,(H4,11,12,13). The predicted molar refractivity (Wildman–Crippen MR) is 55.9 cm³/mol. The summed E-state index contributed by atoms with van der Waals surface area (Å²) < 4.78 is 0. The Bertz CT molecular complexity index is 338. The van der Waals surface area contributed by atoms with E-state index in [9.17, 15) is 4.79 Å². The van der Waals surface area contributed by atoms with Crippen molar-refractivity contribution in [3.63, 3.8) is 0 Å². The lowest BCUT2D eigenvalue weighted by atomic mass is 10.1. The number of nitrogens with one attached hydrogen (secondary N) is 2. The van der Waals surface area contributed by atoms with Gasteiger partial charge in [-0.05, 0) is 12.0 Å². The Kier molecular flexibility index (Phi) is 4.15. The zero-order chi connectivity index (χ0) is 11.1. The van der Waals surface area contributed by atoms with Gasteiger partial charge in [0.15, 0.2) is 0 Å². The normalized spacial score (nSPS) is 9.33. The fourth-order valence-electron chi connectivity index (χ4n) is 1.05. The molecule has 0 fully saturated rings. The molecule has 1 aromatic rings. The summed E-state index contributed by atoms with van der Waals surface area (Å²) in [6.07, 6.45) is 0.865. The van der Waals surface area contributed by atoms with E-state index in [2.05, 4.69) is 4.84 Å². The first-order chi connectivity index (χ1) is 7.18. The molecule has 15 heavy (non-hydrogen) atoms. The molecule has 0 heterocycles. The van der Waals surface area contributed by atoms with Gasteiger partial charge in [0, 0.05) is 0 Å². The van der Waals surface area contributed by atoms with Crippen molar-refractivity contribution in [2.75, 3.05) is 0 Å². The first-order valence-electron chi connectivity index (χ1n) is 4.52. The maximum atomic E-state index is 11.1. The third-order valence-electron chi connectivity index (χ3n) is 1.74. The van der Waals surface area contributed by atoms with Crippen molar-refractivity contribution in [2.45, 2.75) is 12.8 Å². The molecular formula is C10H13N3O2. The van der Waals surface area contributed by atoms with Crippen molar-refractivity contribution in [3.8, 4) is 0 Å². The lowest BCUT2D eigenvalue weighted by molar-refractivity contribution is -0.147. The van der Waals surface area contributed by atoms with Crippen molar-refractivity contribution >= 4 is 11.9 Å². The summed E-state index contributed by atoms with van der Waals surface area (Å²) in [4.78, 5) is 15.6. The number of benzene rings is 1. The van der Waals surface area contributed by atoms with Crippen LogP contribution in [0.5, 0.6) is 0 Å². The average molecular weight is 207 g/mol. The van der Waals surface area contributed by atoms with Gasteiger partial charge in [-0.25, -0.2) is 4.79 Å². The molecule has 0 aliphatic rings. The number of hydrogen-bond acceptors (Lipinski definition) is 3. The minimum Gasteiger partial charge on any atom is -0.368 e. The Morgan fingerprint density at radius 1 is 1.40 bits per heavy atom. The summed E-state index contributed by atoms with van der Waals surface area (Å²) >= 11 is 0. The van der Waals surface area contributed by atoms with Crippen molar-refractivity contribution in [3.05, 3.63) is 35.9 Å². The second-order valence-corrected chi connectivity index (χ2v) is 2.98. The molecule has 5 heteroatoms. The molecule has 0 amide bonds. The highest BCUT2D eigenvalue weighted by atomic mass is 16.7. The van der Waals surface area contributed by atoms with Gasteiger partial charge in [0.1, 0.15) is 0 Å². The maximum absolute atomic E-state index is 11.1. The first-order valence-corrected chi connectivity index (χ1v) is 4.52. The smallest absolute Gasteiger partial charge is 0.332 e. The van der Waals surface area contributed by atoms with Crippen LogP contribution in [-0.2, 0) is 16.1 Å². The summed E-state index contributed by atoms with van der Waals surface area (Å²) in [6.45, 7) is 0. The van der Waals surface area contributed by atoms with E-state index in [-0.39, 0.29) is 12.4 Å². The van der Waals surface area contributed by atoms with Crippen LogP contribution in [0, 0.1) is 5.41 Å². The molecule has 0 aliphatic carbocycles. The molecule has 0 bridgehead atoms. The van der Waals surface area contributed by atoms with E-state index in [1.807, 2.05) is 35.8 Å². The molecule has 0 saturated heterocycles. The van der Waals surface area contributed by atoms with Crippen molar-refractivity contribution in [1.29, 1.82) is 5.41 Å². The molecular weight excluding hydrogens is 194 g/mol. The van der Waals surface area contributed by atoms with E-state index < -0.39 is 5.97 Å². The first kappa shape index (κ1) is 11.0. The maximum Gasteiger partial charge on any atom is 0.332 e. The quantitative estimate of drug-likeness (QED) is 0.384. The third kappa shape index (κ3) is 4.66. The molecule has 0 saturated carbocycles. The van der Waals surface area contributed by atoms with Gasteiger partial charge in [0.05, 0.1) is 6.42 Å². The number of aryl methyl sites for hydroxylation is 1. The van der Waals surface area contributed by atoms with E-state index >= 15 is 0 Å². The number of carbonyl (C=O) groups excluding carboxylic acids is 1. The van der Waals surface area contributed by atoms with Crippen LogP contribution in [0.25, 0.3) is 0 Å². The largest absolute Gasteiger partial charge is 0.368 e. The van der Waals surface area contributed by atoms with Crippen LogP contribution in [-0.4, -0.2) is 11.9 Å². The second-order valence-electron chi connectivity index (χ2n) is 2.98. The van der Waals surface area contributed by atoms with E-state index in [1.165, 1.54) is 0 Å². The number of guanidine groups is 1. The van der Waals surface area contributed by atoms with E-state index in [0.717, 1.165) is 5.56 Å². The lowest BCUT2D eigenvalue weighted by Gasteiger charge is -2.04. The fourth-order valence-corrected chi connectivity index (χ4v) is 1.05. The highest BCUT2D eigenvalue weighted by Crippen LogP contribution is 2.02. The highest BCUT2D eigenvalue weighted by Gasteiger charge is 2.03. The number of hydrogen-bond donors (Lipinski definition) is 3. The minimum atomic E-state index is -0.436. The van der Waals surface area contributed by atoms with Crippen molar-refractivity contribution < 1.29 is 9.63 Å². The van der Waals surface area contributed by atoms with Crippen molar-refractivity contribution in [2.24, 2.45) is 5.73 Å². The zero-order valence-corrected chi connectivity index (χ0v) is 8.19. The Labute approximate surface area is 87.7 Å². The Morgan fingerprint density at radius 2 is 2.07 bits per heavy atom. The van der Waals surface area contributed by atoms with Gasteiger partial charge in [0.25, 0.3) is 0 Å². The van der Waals surface area contributed by atoms with Gasteiger partial charge >= 0.3 is 5.97 Å². The SMILES string of the molecule is N=C(N)NOC(=O)CCc1ccccc1. The van der Waals surface area contributed by atoms with E-state index in [1.54, 1.807) is 0 Å². The summed E-state index contributed by atoms with van der Waals surface area (Å²) in [5, 5.41) is 6.77. The van der Waals surface area contributed by atoms with Crippen LogP contribution in [0.3, 0.4) is 0 Å². The molecule has 5 nitrogen and oxygen atoms in total. The molecule has 0 aromatic heterocycles.